The van der Waals surface area contributed by atoms with Crippen LogP contribution in [0.5, 0.6) is 0 Å². The molecule has 1 atom stereocenters. The number of hydrogen-bond donors (Lipinski definition) is 2. The SMILES string of the molecule is C.CC(C)(C)OC=O.O=CNc1ccc2c(c1)C(CO)c1ccccc1-2. The third kappa shape index (κ3) is 4.92. The summed E-state index contributed by atoms with van der Waals surface area (Å²) in [6.07, 6.45) is 0.664. The topological polar surface area (TPSA) is 75.6 Å². The monoisotopic (exact) mass is 357 g/mol. The average molecular weight is 357 g/mol. The number of fused-ring (bicyclic) bond motifs is 3. The second-order valence-electron chi connectivity index (χ2n) is 6.71. The van der Waals surface area contributed by atoms with E-state index >= 15 is 0 Å². The number of anilines is 1. The Hall–Kier alpha value is -2.66. The van der Waals surface area contributed by atoms with Crippen LogP contribution in [0.4, 0.5) is 5.69 Å². The number of aliphatic hydroxyl groups excluding tert-OH is 1. The number of carbonyl (C=O) groups excluding carboxylic acids is 2. The van der Waals surface area contributed by atoms with Gasteiger partial charge in [-0.25, -0.2) is 0 Å². The van der Waals surface area contributed by atoms with Crippen molar-refractivity contribution in [2.24, 2.45) is 0 Å². The molecule has 0 radical (unpaired) electrons. The highest BCUT2D eigenvalue weighted by molar-refractivity contribution is 5.82. The highest BCUT2D eigenvalue weighted by atomic mass is 16.5. The number of ether oxygens (including phenoxy) is 1. The maximum Gasteiger partial charge on any atom is 0.293 e. The molecule has 0 aromatic heterocycles. The second-order valence-corrected chi connectivity index (χ2v) is 6.71. The zero-order valence-electron chi connectivity index (χ0n) is 14.7. The maximum absolute atomic E-state index is 10.5. The number of aliphatic hydroxyl groups is 1. The minimum atomic E-state index is -0.318. The molecule has 0 bridgehead atoms. The number of amides is 1. The van der Waals surface area contributed by atoms with Crippen LogP contribution in [0.15, 0.2) is 42.5 Å². The van der Waals surface area contributed by atoms with E-state index in [9.17, 15) is 14.7 Å². The summed E-state index contributed by atoms with van der Waals surface area (Å²) < 4.78 is 4.55. The van der Waals surface area contributed by atoms with E-state index < -0.39 is 0 Å². The maximum atomic E-state index is 10.5. The van der Waals surface area contributed by atoms with Gasteiger partial charge in [0.25, 0.3) is 6.47 Å². The Kier molecular flexibility index (Phi) is 7.53. The van der Waals surface area contributed by atoms with Crippen molar-refractivity contribution >= 4 is 18.6 Å². The number of nitrogens with one attached hydrogen (secondary N) is 1. The molecule has 0 spiro atoms. The molecular formula is C21H27NO4. The fourth-order valence-corrected chi connectivity index (χ4v) is 2.81. The number of carbonyl (C=O) groups is 2. The van der Waals surface area contributed by atoms with Gasteiger partial charge < -0.3 is 15.2 Å². The van der Waals surface area contributed by atoms with Crippen molar-refractivity contribution in [2.75, 3.05) is 11.9 Å². The lowest BCUT2D eigenvalue weighted by Gasteiger charge is -2.14. The molecule has 2 aromatic carbocycles. The molecule has 1 amide bonds. The predicted molar refractivity (Wildman–Crippen MR) is 104 cm³/mol. The first-order chi connectivity index (χ1) is 11.9. The van der Waals surface area contributed by atoms with Gasteiger partial charge in [-0.1, -0.05) is 37.8 Å². The molecular weight excluding hydrogens is 330 g/mol. The molecule has 0 heterocycles. The van der Waals surface area contributed by atoms with Crippen LogP contribution in [0.2, 0.25) is 0 Å². The smallest absolute Gasteiger partial charge is 0.293 e. The average Bonchev–Trinajstić information content (AvgIpc) is 2.87. The molecule has 3 rings (SSSR count). The third-order valence-electron chi connectivity index (χ3n) is 3.86. The van der Waals surface area contributed by atoms with Crippen LogP contribution in [-0.4, -0.2) is 30.2 Å². The van der Waals surface area contributed by atoms with E-state index in [0.717, 1.165) is 22.4 Å². The number of hydrogen-bond acceptors (Lipinski definition) is 4. The standard InChI is InChI=1S/C15H13NO2.C5H10O2.CH4/c17-8-15-12-4-2-1-3-11(12)13-6-5-10(16-9-18)7-14(13)15;1-5(2,3)7-4-6;/h1-7,9,15,17H,8H2,(H,16,18);4H,1-3H3;1H4. The zero-order valence-corrected chi connectivity index (χ0v) is 14.7. The van der Waals surface area contributed by atoms with Gasteiger partial charge in [0.1, 0.15) is 5.60 Å². The van der Waals surface area contributed by atoms with Crippen molar-refractivity contribution in [3.8, 4) is 11.1 Å². The van der Waals surface area contributed by atoms with Gasteiger partial charge in [0.05, 0.1) is 6.61 Å². The summed E-state index contributed by atoms with van der Waals surface area (Å²) in [4.78, 5) is 20.1. The Labute approximate surface area is 155 Å². The summed E-state index contributed by atoms with van der Waals surface area (Å²) in [5.41, 5.74) is 4.98. The van der Waals surface area contributed by atoms with E-state index in [4.69, 9.17) is 0 Å². The zero-order chi connectivity index (χ0) is 18.4. The van der Waals surface area contributed by atoms with Crippen LogP contribution < -0.4 is 5.32 Å². The Morgan fingerprint density at radius 2 is 1.73 bits per heavy atom. The Morgan fingerprint density at radius 3 is 2.27 bits per heavy atom. The van der Waals surface area contributed by atoms with Crippen LogP contribution in [0.3, 0.4) is 0 Å². The highest BCUT2D eigenvalue weighted by Gasteiger charge is 2.27. The lowest BCUT2D eigenvalue weighted by Crippen LogP contribution is -2.17. The van der Waals surface area contributed by atoms with E-state index in [-0.39, 0.29) is 25.6 Å². The van der Waals surface area contributed by atoms with Crippen LogP contribution in [-0.2, 0) is 14.3 Å². The summed E-state index contributed by atoms with van der Waals surface area (Å²) >= 11 is 0. The molecule has 1 aliphatic rings. The van der Waals surface area contributed by atoms with E-state index in [2.05, 4.69) is 16.1 Å². The lowest BCUT2D eigenvalue weighted by molar-refractivity contribution is -0.138. The first-order valence-corrected chi connectivity index (χ1v) is 8.07. The van der Waals surface area contributed by atoms with Gasteiger partial charge in [-0.3, -0.25) is 9.59 Å². The largest absolute Gasteiger partial charge is 0.462 e. The lowest BCUT2D eigenvalue weighted by atomic mass is 9.98. The second kappa shape index (κ2) is 9.15. The third-order valence-corrected chi connectivity index (χ3v) is 3.86. The van der Waals surface area contributed by atoms with Gasteiger partial charge in [-0.2, -0.15) is 0 Å². The molecule has 140 valence electrons. The summed E-state index contributed by atoms with van der Waals surface area (Å²) in [7, 11) is 0. The van der Waals surface area contributed by atoms with E-state index in [1.165, 1.54) is 5.56 Å². The molecule has 0 saturated heterocycles. The first kappa shape index (κ1) is 21.4. The van der Waals surface area contributed by atoms with Crippen LogP contribution in [0, 0.1) is 0 Å². The van der Waals surface area contributed by atoms with Crippen molar-refractivity contribution in [3.05, 3.63) is 53.6 Å². The minimum Gasteiger partial charge on any atom is -0.462 e. The highest BCUT2D eigenvalue weighted by Crippen LogP contribution is 2.45. The van der Waals surface area contributed by atoms with Crippen molar-refractivity contribution in [1.82, 2.24) is 0 Å². The molecule has 2 N–H and O–H groups in total. The summed E-state index contributed by atoms with van der Waals surface area (Å²) in [5.74, 6) is 0.00426. The van der Waals surface area contributed by atoms with Gasteiger partial charge >= 0.3 is 0 Å². The van der Waals surface area contributed by atoms with Crippen LogP contribution in [0.25, 0.3) is 11.1 Å². The van der Waals surface area contributed by atoms with E-state index in [1.807, 2.05) is 57.2 Å². The van der Waals surface area contributed by atoms with Crippen LogP contribution in [0.1, 0.15) is 45.2 Å². The molecule has 2 aromatic rings. The Morgan fingerprint density at radius 1 is 1.08 bits per heavy atom. The molecule has 1 aliphatic carbocycles. The van der Waals surface area contributed by atoms with Crippen molar-refractivity contribution < 1.29 is 19.4 Å². The first-order valence-electron chi connectivity index (χ1n) is 8.07. The van der Waals surface area contributed by atoms with Crippen molar-refractivity contribution in [1.29, 1.82) is 0 Å². The van der Waals surface area contributed by atoms with Gasteiger partial charge in [0, 0.05) is 11.6 Å². The van der Waals surface area contributed by atoms with Gasteiger partial charge in [-0.05, 0) is 55.2 Å². The van der Waals surface area contributed by atoms with Crippen molar-refractivity contribution in [2.45, 2.75) is 39.7 Å². The molecule has 26 heavy (non-hydrogen) atoms. The predicted octanol–water partition coefficient (Wildman–Crippen LogP) is 3.95. The molecule has 1 unspecified atom stereocenters. The summed E-state index contributed by atoms with van der Waals surface area (Å²) in [6.45, 7) is 6.00. The van der Waals surface area contributed by atoms with Gasteiger partial charge in [0.15, 0.2) is 0 Å². The fraction of sp³-hybridized carbons (Fsp3) is 0.333. The van der Waals surface area contributed by atoms with Crippen LogP contribution >= 0.6 is 0 Å². The normalized spacial score (nSPS) is 13.9. The van der Waals surface area contributed by atoms with Crippen molar-refractivity contribution in [3.63, 3.8) is 0 Å². The van der Waals surface area contributed by atoms with Gasteiger partial charge in [0.2, 0.25) is 6.41 Å². The number of rotatable bonds is 4. The molecule has 0 aliphatic heterocycles. The quantitative estimate of drug-likeness (QED) is 0.812. The molecule has 0 saturated carbocycles. The number of benzene rings is 2. The molecule has 5 heteroatoms. The van der Waals surface area contributed by atoms with Gasteiger partial charge in [-0.15, -0.1) is 0 Å². The van der Waals surface area contributed by atoms with E-state index in [1.54, 1.807) is 0 Å². The molecule has 5 nitrogen and oxygen atoms in total. The fourth-order valence-electron chi connectivity index (χ4n) is 2.81. The Balaban J connectivity index is 0.000000366. The summed E-state index contributed by atoms with van der Waals surface area (Å²) in [6, 6.07) is 13.9. The Bertz CT molecular complexity index is 750. The molecule has 0 fully saturated rings. The minimum absolute atomic E-state index is 0. The van der Waals surface area contributed by atoms with E-state index in [0.29, 0.717) is 12.9 Å². The summed E-state index contributed by atoms with van der Waals surface area (Å²) in [5, 5.41) is 12.2.